The molecule has 0 spiro atoms. The third-order valence-corrected chi connectivity index (χ3v) is 7.39. The first kappa shape index (κ1) is 24.8. The summed E-state index contributed by atoms with van der Waals surface area (Å²) in [7, 11) is -3.85. The first-order chi connectivity index (χ1) is 16.7. The number of amides is 1. The van der Waals surface area contributed by atoms with Gasteiger partial charge >= 0.3 is 0 Å². The number of sulfonamides is 1. The summed E-state index contributed by atoms with van der Waals surface area (Å²) < 4.78 is 44.6. The molecule has 8 nitrogen and oxygen atoms in total. The van der Waals surface area contributed by atoms with E-state index in [4.69, 9.17) is 13.9 Å². The molecule has 0 N–H and O–H groups in total. The number of furan rings is 1. The summed E-state index contributed by atoms with van der Waals surface area (Å²) in [6.45, 7) is 6.26. The zero-order valence-corrected chi connectivity index (χ0v) is 21.0. The Balaban J connectivity index is 1.60. The van der Waals surface area contributed by atoms with Crippen molar-refractivity contribution in [3.63, 3.8) is 0 Å². The molecule has 1 amide bonds. The lowest BCUT2D eigenvalue weighted by atomic mass is 10.2. The zero-order chi connectivity index (χ0) is 25.0. The third kappa shape index (κ3) is 6.04. The lowest BCUT2D eigenvalue weighted by molar-refractivity contribution is -0.133. The molecule has 3 aromatic rings. The van der Waals surface area contributed by atoms with Crippen LogP contribution in [0.4, 0.5) is 0 Å². The van der Waals surface area contributed by atoms with Gasteiger partial charge < -0.3 is 18.8 Å². The second-order valence-corrected chi connectivity index (χ2v) is 10.9. The Morgan fingerprint density at radius 3 is 2.40 bits per heavy atom. The van der Waals surface area contributed by atoms with Crippen molar-refractivity contribution in [2.45, 2.75) is 38.8 Å². The molecule has 0 aliphatic carbocycles. The monoisotopic (exact) mass is 498 g/mol. The van der Waals surface area contributed by atoms with Crippen molar-refractivity contribution in [1.82, 2.24) is 9.21 Å². The second-order valence-electron chi connectivity index (χ2n) is 8.95. The molecule has 1 aliphatic rings. The topological polar surface area (TPSA) is 89.3 Å². The van der Waals surface area contributed by atoms with Crippen molar-refractivity contribution in [3.8, 4) is 11.5 Å². The van der Waals surface area contributed by atoms with Crippen LogP contribution in [0, 0.1) is 12.8 Å². The standard InChI is InChI=1S/C26H30N2O6S/c1-19(2)14-28(35(30,31)23-7-5-4-6-8-23)17-26(29)27(16-22-11-9-20(3)34-22)15-21-10-12-24-25(13-21)33-18-32-24/h4-13,19H,14-18H2,1-3H3. The highest BCUT2D eigenvalue weighted by Gasteiger charge is 2.29. The van der Waals surface area contributed by atoms with Gasteiger partial charge in [0.15, 0.2) is 11.5 Å². The minimum absolute atomic E-state index is 0.0383. The van der Waals surface area contributed by atoms with Crippen LogP contribution in [0.25, 0.3) is 0 Å². The average Bonchev–Trinajstić information content (AvgIpc) is 3.46. The summed E-state index contributed by atoms with van der Waals surface area (Å²) in [5, 5.41) is 0. The molecule has 0 atom stereocenters. The molecular formula is C26H30N2O6S. The largest absolute Gasteiger partial charge is 0.464 e. The molecule has 0 radical (unpaired) electrons. The number of carbonyl (C=O) groups is 1. The number of fused-ring (bicyclic) bond motifs is 1. The van der Waals surface area contributed by atoms with E-state index >= 15 is 0 Å². The van der Waals surface area contributed by atoms with E-state index in [0.717, 1.165) is 11.3 Å². The predicted octanol–water partition coefficient (Wildman–Crippen LogP) is 4.19. The second kappa shape index (κ2) is 10.5. The van der Waals surface area contributed by atoms with Crippen LogP contribution >= 0.6 is 0 Å². The number of hydrogen-bond donors (Lipinski definition) is 0. The Labute approximate surface area is 206 Å². The van der Waals surface area contributed by atoms with E-state index in [-0.39, 0.29) is 49.7 Å². The molecule has 35 heavy (non-hydrogen) atoms. The predicted molar refractivity (Wildman–Crippen MR) is 130 cm³/mol. The van der Waals surface area contributed by atoms with E-state index in [1.807, 2.05) is 51.1 Å². The fourth-order valence-corrected chi connectivity index (χ4v) is 5.47. The van der Waals surface area contributed by atoms with Crippen molar-refractivity contribution in [2.24, 2.45) is 5.92 Å². The molecule has 0 fully saturated rings. The molecule has 2 aromatic carbocycles. The van der Waals surface area contributed by atoms with E-state index in [9.17, 15) is 13.2 Å². The van der Waals surface area contributed by atoms with E-state index < -0.39 is 10.0 Å². The lowest BCUT2D eigenvalue weighted by Gasteiger charge is -2.28. The highest BCUT2D eigenvalue weighted by molar-refractivity contribution is 7.89. The zero-order valence-electron chi connectivity index (χ0n) is 20.1. The van der Waals surface area contributed by atoms with Gasteiger partial charge in [-0.3, -0.25) is 4.79 Å². The number of rotatable bonds is 10. The van der Waals surface area contributed by atoms with Gasteiger partial charge in [0, 0.05) is 13.1 Å². The maximum Gasteiger partial charge on any atom is 0.243 e. The molecular weight excluding hydrogens is 468 g/mol. The number of nitrogens with zero attached hydrogens (tertiary/aromatic N) is 2. The van der Waals surface area contributed by atoms with Crippen LogP contribution in [0.15, 0.2) is 70.0 Å². The molecule has 186 valence electrons. The number of hydrogen-bond acceptors (Lipinski definition) is 6. The van der Waals surface area contributed by atoms with Crippen LogP contribution < -0.4 is 9.47 Å². The third-order valence-electron chi connectivity index (χ3n) is 5.57. The van der Waals surface area contributed by atoms with Gasteiger partial charge in [-0.15, -0.1) is 0 Å². The maximum absolute atomic E-state index is 13.6. The Hall–Kier alpha value is -3.30. The van der Waals surface area contributed by atoms with E-state index in [2.05, 4.69) is 0 Å². The Morgan fingerprint density at radius 1 is 0.971 bits per heavy atom. The van der Waals surface area contributed by atoms with Crippen molar-refractivity contribution in [1.29, 1.82) is 0 Å². The maximum atomic E-state index is 13.6. The minimum Gasteiger partial charge on any atom is -0.464 e. The van der Waals surface area contributed by atoms with Gasteiger partial charge in [-0.25, -0.2) is 8.42 Å². The van der Waals surface area contributed by atoms with Gasteiger partial charge in [-0.1, -0.05) is 38.1 Å². The summed E-state index contributed by atoms with van der Waals surface area (Å²) in [5.41, 5.74) is 0.840. The Kier molecular flexibility index (Phi) is 7.47. The van der Waals surface area contributed by atoms with Crippen molar-refractivity contribution in [3.05, 3.63) is 77.7 Å². The molecule has 0 saturated carbocycles. The lowest BCUT2D eigenvalue weighted by Crippen LogP contribution is -2.43. The molecule has 1 aromatic heterocycles. The first-order valence-corrected chi connectivity index (χ1v) is 12.9. The summed E-state index contributed by atoms with van der Waals surface area (Å²) >= 11 is 0. The molecule has 1 aliphatic heterocycles. The Morgan fingerprint density at radius 2 is 1.71 bits per heavy atom. The van der Waals surface area contributed by atoms with Gasteiger partial charge in [0.2, 0.25) is 22.7 Å². The van der Waals surface area contributed by atoms with Crippen LogP contribution in [0.2, 0.25) is 0 Å². The summed E-state index contributed by atoms with van der Waals surface area (Å²) in [5.74, 6) is 2.36. The fourth-order valence-electron chi connectivity index (χ4n) is 3.90. The van der Waals surface area contributed by atoms with Crippen LogP contribution in [-0.2, 0) is 27.9 Å². The van der Waals surface area contributed by atoms with Gasteiger partial charge in [0.05, 0.1) is 18.0 Å². The summed E-state index contributed by atoms with van der Waals surface area (Å²) in [6, 6.07) is 17.4. The fraction of sp³-hybridized carbons (Fsp3) is 0.346. The van der Waals surface area contributed by atoms with E-state index in [1.54, 1.807) is 35.2 Å². The van der Waals surface area contributed by atoms with Crippen LogP contribution in [0.5, 0.6) is 11.5 Å². The summed E-state index contributed by atoms with van der Waals surface area (Å²) in [6.07, 6.45) is 0. The molecule has 4 rings (SSSR count). The van der Waals surface area contributed by atoms with Gasteiger partial charge in [0.25, 0.3) is 0 Å². The molecule has 0 unspecified atom stereocenters. The highest BCUT2D eigenvalue weighted by Crippen LogP contribution is 2.33. The quantitative estimate of drug-likeness (QED) is 0.416. The molecule has 2 heterocycles. The van der Waals surface area contributed by atoms with Crippen LogP contribution in [0.1, 0.15) is 30.9 Å². The number of aryl methyl sites for hydroxylation is 1. The minimum atomic E-state index is -3.85. The van der Waals surface area contributed by atoms with Gasteiger partial charge in [-0.05, 0) is 54.8 Å². The first-order valence-electron chi connectivity index (χ1n) is 11.5. The molecule has 9 heteroatoms. The van der Waals surface area contributed by atoms with E-state index in [0.29, 0.717) is 17.3 Å². The SMILES string of the molecule is Cc1ccc(CN(Cc2ccc3c(c2)OCO3)C(=O)CN(CC(C)C)S(=O)(=O)c2ccccc2)o1. The number of benzene rings is 2. The van der Waals surface area contributed by atoms with Gasteiger partial charge in [0.1, 0.15) is 11.5 Å². The normalized spacial score (nSPS) is 12.9. The van der Waals surface area contributed by atoms with E-state index in [1.165, 1.54) is 4.31 Å². The van der Waals surface area contributed by atoms with Crippen molar-refractivity contribution in [2.75, 3.05) is 19.9 Å². The highest BCUT2D eigenvalue weighted by atomic mass is 32.2. The average molecular weight is 499 g/mol. The smallest absolute Gasteiger partial charge is 0.243 e. The van der Waals surface area contributed by atoms with Crippen LogP contribution in [-0.4, -0.2) is 43.4 Å². The number of carbonyl (C=O) groups excluding carboxylic acids is 1. The van der Waals surface area contributed by atoms with Crippen molar-refractivity contribution >= 4 is 15.9 Å². The van der Waals surface area contributed by atoms with Gasteiger partial charge in [-0.2, -0.15) is 4.31 Å². The molecule has 0 bridgehead atoms. The molecule has 0 saturated heterocycles. The summed E-state index contributed by atoms with van der Waals surface area (Å²) in [4.78, 5) is 15.3. The van der Waals surface area contributed by atoms with Crippen molar-refractivity contribution < 1.29 is 27.1 Å². The van der Waals surface area contributed by atoms with Crippen LogP contribution in [0.3, 0.4) is 0 Å². The number of ether oxygens (including phenoxy) is 2. The Bertz CT molecular complexity index is 1270.